The van der Waals surface area contributed by atoms with E-state index in [0.717, 1.165) is 37.7 Å². The van der Waals surface area contributed by atoms with Crippen LogP contribution in [0.15, 0.2) is 42.9 Å². The van der Waals surface area contributed by atoms with E-state index >= 15 is 0 Å². The minimum absolute atomic E-state index is 0.712. The largest absolute Gasteiger partial charge is 0.497 e. The zero-order chi connectivity index (χ0) is 15.9. The second kappa shape index (κ2) is 7.92. The maximum Gasteiger partial charge on any atom is 0.144 e. The molecule has 0 atom stereocenters. The van der Waals surface area contributed by atoms with Gasteiger partial charge >= 0.3 is 0 Å². The molecule has 1 aromatic heterocycles. The Labute approximate surface area is 137 Å². The first kappa shape index (κ1) is 15.7. The molecular formula is C18H24N4O. The molecule has 2 aromatic rings. The standard InChI is InChI=1S/C18H24N4O/c1-23-17-4-2-16(3-5-17)14-22-10-6-15(7-11-22)12-21-18-13-19-8-9-20-18/h2-5,8-9,13,15H,6-7,10-12,14H2,1H3,(H,20,21). The molecule has 1 aliphatic rings. The van der Waals surface area contributed by atoms with Crippen molar-refractivity contribution in [3.05, 3.63) is 48.4 Å². The zero-order valence-corrected chi connectivity index (χ0v) is 13.6. The van der Waals surface area contributed by atoms with E-state index in [1.165, 1.54) is 18.4 Å². The molecule has 0 saturated carbocycles. The van der Waals surface area contributed by atoms with Gasteiger partial charge in [0.25, 0.3) is 0 Å². The molecule has 1 saturated heterocycles. The lowest BCUT2D eigenvalue weighted by molar-refractivity contribution is 0.182. The number of ether oxygens (including phenoxy) is 1. The Hall–Kier alpha value is -2.14. The van der Waals surface area contributed by atoms with E-state index in [1.54, 1.807) is 25.7 Å². The highest BCUT2D eigenvalue weighted by Crippen LogP contribution is 2.20. The average molecular weight is 312 g/mol. The van der Waals surface area contributed by atoms with Crippen molar-refractivity contribution in [2.24, 2.45) is 5.92 Å². The molecule has 0 unspecified atom stereocenters. The van der Waals surface area contributed by atoms with Crippen molar-refractivity contribution in [1.29, 1.82) is 0 Å². The molecule has 1 aliphatic heterocycles. The van der Waals surface area contributed by atoms with Crippen LogP contribution in [0.4, 0.5) is 5.82 Å². The fraction of sp³-hybridized carbons (Fsp3) is 0.444. The number of benzene rings is 1. The van der Waals surface area contributed by atoms with Gasteiger partial charge in [-0.3, -0.25) is 9.88 Å². The van der Waals surface area contributed by atoms with Gasteiger partial charge in [0.05, 0.1) is 13.3 Å². The summed E-state index contributed by atoms with van der Waals surface area (Å²) in [5.74, 6) is 2.50. The first-order valence-corrected chi connectivity index (χ1v) is 8.18. The molecule has 1 aromatic carbocycles. The van der Waals surface area contributed by atoms with Gasteiger partial charge in [0, 0.05) is 25.5 Å². The Balaban J connectivity index is 1.41. The average Bonchev–Trinajstić information content (AvgIpc) is 2.63. The first-order valence-electron chi connectivity index (χ1n) is 8.18. The summed E-state index contributed by atoms with van der Waals surface area (Å²) in [6.07, 6.45) is 7.65. The second-order valence-corrected chi connectivity index (χ2v) is 6.04. The van der Waals surface area contributed by atoms with Crippen molar-refractivity contribution >= 4 is 5.82 Å². The molecule has 0 spiro atoms. The first-order chi connectivity index (χ1) is 11.3. The molecule has 0 amide bonds. The quantitative estimate of drug-likeness (QED) is 0.889. The van der Waals surface area contributed by atoms with E-state index in [4.69, 9.17) is 4.74 Å². The molecule has 1 fully saturated rings. The summed E-state index contributed by atoms with van der Waals surface area (Å²) >= 11 is 0. The van der Waals surface area contributed by atoms with Crippen molar-refractivity contribution in [3.8, 4) is 5.75 Å². The molecule has 122 valence electrons. The maximum atomic E-state index is 5.21. The minimum atomic E-state index is 0.712. The van der Waals surface area contributed by atoms with E-state index in [-0.39, 0.29) is 0 Å². The van der Waals surface area contributed by atoms with E-state index < -0.39 is 0 Å². The van der Waals surface area contributed by atoms with Crippen molar-refractivity contribution in [2.75, 3.05) is 32.1 Å². The van der Waals surface area contributed by atoms with Crippen molar-refractivity contribution in [3.63, 3.8) is 0 Å². The Morgan fingerprint density at radius 3 is 2.61 bits per heavy atom. The fourth-order valence-corrected chi connectivity index (χ4v) is 2.98. The van der Waals surface area contributed by atoms with Crippen LogP contribution in [-0.4, -0.2) is 41.6 Å². The smallest absolute Gasteiger partial charge is 0.144 e. The summed E-state index contributed by atoms with van der Waals surface area (Å²) in [5.41, 5.74) is 1.35. The number of hydrogen-bond donors (Lipinski definition) is 1. The fourth-order valence-electron chi connectivity index (χ4n) is 2.98. The Morgan fingerprint density at radius 1 is 1.17 bits per heavy atom. The predicted octanol–water partition coefficient (Wildman–Crippen LogP) is 2.81. The Bertz CT molecular complexity index is 580. The number of rotatable bonds is 6. The Morgan fingerprint density at radius 2 is 1.96 bits per heavy atom. The summed E-state index contributed by atoms with van der Waals surface area (Å²) in [7, 11) is 1.70. The number of methoxy groups -OCH3 is 1. The molecule has 1 N–H and O–H groups in total. The number of aromatic nitrogens is 2. The highest BCUT2D eigenvalue weighted by molar-refractivity contribution is 5.29. The number of likely N-dealkylation sites (tertiary alicyclic amines) is 1. The molecule has 5 nitrogen and oxygen atoms in total. The monoisotopic (exact) mass is 312 g/mol. The van der Waals surface area contributed by atoms with Gasteiger partial charge in [0.1, 0.15) is 11.6 Å². The van der Waals surface area contributed by atoms with Gasteiger partial charge in [-0.2, -0.15) is 0 Å². The van der Waals surface area contributed by atoms with Gasteiger partial charge in [-0.1, -0.05) is 12.1 Å². The molecule has 0 bridgehead atoms. The molecule has 23 heavy (non-hydrogen) atoms. The predicted molar refractivity (Wildman–Crippen MR) is 91.5 cm³/mol. The summed E-state index contributed by atoms with van der Waals surface area (Å²) in [6, 6.07) is 8.38. The summed E-state index contributed by atoms with van der Waals surface area (Å²) < 4.78 is 5.21. The highest BCUT2D eigenvalue weighted by atomic mass is 16.5. The molecule has 0 aliphatic carbocycles. The van der Waals surface area contributed by atoms with Crippen LogP contribution >= 0.6 is 0 Å². The third-order valence-electron chi connectivity index (χ3n) is 4.41. The van der Waals surface area contributed by atoms with E-state index in [2.05, 4.69) is 32.3 Å². The maximum absolute atomic E-state index is 5.21. The van der Waals surface area contributed by atoms with Crippen molar-refractivity contribution in [1.82, 2.24) is 14.9 Å². The minimum Gasteiger partial charge on any atom is -0.497 e. The van der Waals surface area contributed by atoms with Crippen LogP contribution in [0.5, 0.6) is 5.75 Å². The molecule has 3 rings (SSSR count). The second-order valence-electron chi connectivity index (χ2n) is 6.04. The number of nitrogens with one attached hydrogen (secondary N) is 1. The Kier molecular flexibility index (Phi) is 5.42. The highest BCUT2D eigenvalue weighted by Gasteiger charge is 2.19. The molecular weight excluding hydrogens is 288 g/mol. The lowest BCUT2D eigenvalue weighted by atomic mass is 9.96. The van der Waals surface area contributed by atoms with E-state index in [0.29, 0.717) is 5.92 Å². The zero-order valence-electron chi connectivity index (χ0n) is 13.6. The van der Waals surface area contributed by atoms with E-state index in [9.17, 15) is 0 Å². The van der Waals surface area contributed by atoms with Crippen LogP contribution in [0, 0.1) is 5.92 Å². The van der Waals surface area contributed by atoms with Gasteiger partial charge in [-0.05, 0) is 49.5 Å². The van der Waals surface area contributed by atoms with E-state index in [1.807, 2.05) is 12.1 Å². The van der Waals surface area contributed by atoms with Gasteiger partial charge < -0.3 is 10.1 Å². The summed E-state index contributed by atoms with van der Waals surface area (Å²) in [4.78, 5) is 10.9. The normalized spacial score (nSPS) is 16.2. The van der Waals surface area contributed by atoms with Crippen LogP contribution in [0.1, 0.15) is 18.4 Å². The lowest BCUT2D eigenvalue weighted by Gasteiger charge is -2.32. The molecule has 5 heteroatoms. The van der Waals surface area contributed by atoms with Crippen molar-refractivity contribution in [2.45, 2.75) is 19.4 Å². The third kappa shape index (κ3) is 4.66. The van der Waals surface area contributed by atoms with Crippen LogP contribution in [0.25, 0.3) is 0 Å². The van der Waals surface area contributed by atoms with Gasteiger partial charge in [-0.15, -0.1) is 0 Å². The SMILES string of the molecule is COc1ccc(CN2CCC(CNc3cnccn3)CC2)cc1. The van der Waals surface area contributed by atoms with Crippen LogP contribution < -0.4 is 10.1 Å². The molecule has 2 heterocycles. The van der Waals surface area contributed by atoms with Gasteiger partial charge in [-0.25, -0.2) is 4.98 Å². The van der Waals surface area contributed by atoms with Crippen molar-refractivity contribution < 1.29 is 4.74 Å². The number of anilines is 1. The molecule has 0 radical (unpaired) electrons. The summed E-state index contributed by atoms with van der Waals surface area (Å²) in [6.45, 7) is 4.31. The topological polar surface area (TPSA) is 50.3 Å². The van der Waals surface area contributed by atoms with Crippen LogP contribution in [0.2, 0.25) is 0 Å². The summed E-state index contributed by atoms with van der Waals surface area (Å²) in [5, 5.41) is 3.39. The number of piperidine rings is 1. The van der Waals surface area contributed by atoms with Crippen LogP contribution in [0.3, 0.4) is 0 Å². The van der Waals surface area contributed by atoms with Gasteiger partial charge in [0.2, 0.25) is 0 Å². The number of nitrogens with zero attached hydrogens (tertiary/aromatic N) is 3. The number of hydrogen-bond acceptors (Lipinski definition) is 5. The third-order valence-corrected chi connectivity index (χ3v) is 4.41. The lowest BCUT2D eigenvalue weighted by Crippen LogP contribution is -2.35. The van der Waals surface area contributed by atoms with Gasteiger partial charge in [0.15, 0.2) is 0 Å². The van der Waals surface area contributed by atoms with Crippen LogP contribution in [-0.2, 0) is 6.54 Å².